The summed E-state index contributed by atoms with van der Waals surface area (Å²) in [5.41, 5.74) is 0. The molecular formula is C13H21N5O. The van der Waals surface area contributed by atoms with Crippen LogP contribution < -0.4 is 5.32 Å². The molecule has 0 saturated carbocycles. The average Bonchev–Trinajstić information content (AvgIpc) is 3.07. The Morgan fingerprint density at radius 3 is 3.11 bits per heavy atom. The van der Waals surface area contributed by atoms with Crippen LogP contribution in [0.4, 0.5) is 0 Å². The van der Waals surface area contributed by atoms with Gasteiger partial charge in [-0.25, -0.2) is 0 Å². The summed E-state index contributed by atoms with van der Waals surface area (Å²) in [5.74, 6) is 1.46. The van der Waals surface area contributed by atoms with Gasteiger partial charge in [-0.2, -0.15) is 10.1 Å². The lowest BCUT2D eigenvalue weighted by Gasteiger charge is -2.09. The zero-order chi connectivity index (χ0) is 13.5. The quantitative estimate of drug-likeness (QED) is 0.788. The van der Waals surface area contributed by atoms with Crippen LogP contribution in [0.1, 0.15) is 44.4 Å². The molecule has 6 nitrogen and oxygen atoms in total. The number of rotatable bonds is 8. The molecule has 0 aliphatic rings. The van der Waals surface area contributed by atoms with Crippen molar-refractivity contribution in [2.75, 3.05) is 6.54 Å². The highest BCUT2D eigenvalue weighted by Crippen LogP contribution is 2.10. The van der Waals surface area contributed by atoms with Crippen molar-refractivity contribution in [1.29, 1.82) is 0 Å². The second kappa shape index (κ2) is 7.04. The van der Waals surface area contributed by atoms with E-state index < -0.39 is 0 Å². The van der Waals surface area contributed by atoms with Gasteiger partial charge >= 0.3 is 0 Å². The first-order chi connectivity index (χ1) is 9.29. The summed E-state index contributed by atoms with van der Waals surface area (Å²) in [6.45, 7) is 5.82. The topological polar surface area (TPSA) is 68.8 Å². The van der Waals surface area contributed by atoms with Crippen molar-refractivity contribution in [3.63, 3.8) is 0 Å². The lowest BCUT2D eigenvalue weighted by Crippen LogP contribution is -2.23. The molecule has 0 radical (unpaired) electrons. The smallest absolute Gasteiger partial charge is 0.243 e. The van der Waals surface area contributed by atoms with Crippen LogP contribution in [-0.2, 0) is 13.0 Å². The molecule has 6 heteroatoms. The summed E-state index contributed by atoms with van der Waals surface area (Å²) in [6, 6.07) is 1.99. The minimum atomic E-state index is 0.0680. The number of hydrogen-bond acceptors (Lipinski definition) is 5. The van der Waals surface area contributed by atoms with E-state index in [0.717, 1.165) is 38.2 Å². The van der Waals surface area contributed by atoms with Gasteiger partial charge in [-0.3, -0.25) is 4.68 Å². The first-order valence-corrected chi connectivity index (χ1v) is 6.83. The minimum absolute atomic E-state index is 0.0680. The molecule has 0 saturated heterocycles. The van der Waals surface area contributed by atoms with Crippen LogP contribution in [-0.4, -0.2) is 26.5 Å². The molecule has 0 aromatic carbocycles. The van der Waals surface area contributed by atoms with Crippen molar-refractivity contribution in [3.8, 4) is 0 Å². The molecule has 1 atom stereocenters. The molecule has 0 aliphatic carbocycles. The maximum absolute atomic E-state index is 5.27. The SMILES string of the molecule is CCCCc1noc([C@@H](C)NCCn2cccn2)n1. The predicted molar refractivity (Wildman–Crippen MR) is 71.6 cm³/mol. The first-order valence-electron chi connectivity index (χ1n) is 6.83. The lowest BCUT2D eigenvalue weighted by atomic mass is 10.2. The van der Waals surface area contributed by atoms with Gasteiger partial charge < -0.3 is 9.84 Å². The standard InChI is InChI=1S/C13H21N5O/c1-3-4-6-12-16-13(19-17-12)11(2)14-8-10-18-9-5-7-15-18/h5,7,9,11,14H,3-4,6,8,10H2,1-2H3/t11-/m1/s1. The van der Waals surface area contributed by atoms with Crippen LogP contribution in [0.15, 0.2) is 23.0 Å². The molecule has 2 aromatic rings. The molecule has 0 bridgehead atoms. The zero-order valence-electron chi connectivity index (χ0n) is 11.5. The minimum Gasteiger partial charge on any atom is -0.338 e. The predicted octanol–water partition coefficient (Wildman–Crippen LogP) is 1.96. The van der Waals surface area contributed by atoms with E-state index in [1.54, 1.807) is 6.20 Å². The Hall–Kier alpha value is -1.69. The van der Waals surface area contributed by atoms with Gasteiger partial charge in [-0.1, -0.05) is 18.5 Å². The molecule has 0 aliphatic heterocycles. The summed E-state index contributed by atoms with van der Waals surface area (Å²) in [7, 11) is 0. The molecule has 0 amide bonds. The van der Waals surface area contributed by atoms with E-state index in [1.165, 1.54) is 0 Å². The van der Waals surface area contributed by atoms with Crippen LogP contribution in [0, 0.1) is 0 Å². The monoisotopic (exact) mass is 263 g/mol. The van der Waals surface area contributed by atoms with Gasteiger partial charge in [0.05, 0.1) is 12.6 Å². The van der Waals surface area contributed by atoms with Gasteiger partial charge in [-0.15, -0.1) is 0 Å². The molecular weight excluding hydrogens is 242 g/mol. The molecule has 2 aromatic heterocycles. The number of aromatic nitrogens is 4. The van der Waals surface area contributed by atoms with Crippen molar-refractivity contribution in [3.05, 3.63) is 30.2 Å². The molecule has 0 fully saturated rings. The normalized spacial score (nSPS) is 12.7. The van der Waals surface area contributed by atoms with Crippen molar-refractivity contribution < 1.29 is 4.52 Å². The summed E-state index contributed by atoms with van der Waals surface area (Å²) in [4.78, 5) is 4.40. The van der Waals surface area contributed by atoms with Gasteiger partial charge in [0.15, 0.2) is 5.82 Å². The molecule has 2 heterocycles. The lowest BCUT2D eigenvalue weighted by molar-refractivity contribution is 0.333. The van der Waals surface area contributed by atoms with E-state index in [2.05, 4.69) is 27.5 Å². The summed E-state index contributed by atoms with van der Waals surface area (Å²) < 4.78 is 7.15. The maximum atomic E-state index is 5.27. The molecule has 1 N–H and O–H groups in total. The third-order valence-corrected chi connectivity index (χ3v) is 2.96. The third-order valence-electron chi connectivity index (χ3n) is 2.96. The third kappa shape index (κ3) is 4.17. The number of hydrogen-bond donors (Lipinski definition) is 1. The maximum Gasteiger partial charge on any atom is 0.243 e. The molecule has 19 heavy (non-hydrogen) atoms. The van der Waals surface area contributed by atoms with E-state index in [4.69, 9.17) is 4.52 Å². The Kier molecular flexibility index (Phi) is 5.09. The van der Waals surface area contributed by atoms with Gasteiger partial charge in [0.1, 0.15) is 0 Å². The fraction of sp³-hybridized carbons (Fsp3) is 0.615. The molecule has 104 valence electrons. The van der Waals surface area contributed by atoms with Gasteiger partial charge in [0.2, 0.25) is 5.89 Å². The van der Waals surface area contributed by atoms with E-state index in [-0.39, 0.29) is 6.04 Å². The van der Waals surface area contributed by atoms with Gasteiger partial charge in [0, 0.05) is 25.4 Å². The first kappa shape index (κ1) is 13.7. The highest BCUT2D eigenvalue weighted by molar-refractivity contribution is 4.91. The van der Waals surface area contributed by atoms with E-state index in [9.17, 15) is 0 Å². The summed E-state index contributed by atoms with van der Waals surface area (Å²) >= 11 is 0. The van der Waals surface area contributed by atoms with Crippen LogP contribution in [0.3, 0.4) is 0 Å². The zero-order valence-corrected chi connectivity index (χ0v) is 11.5. The number of nitrogens with zero attached hydrogens (tertiary/aromatic N) is 4. The summed E-state index contributed by atoms with van der Waals surface area (Å²) in [6.07, 6.45) is 6.85. The van der Waals surface area contributed by atoms with Crippen molar-refractivity contribution in [1.82, 2.24) is 25.2 Å². The molecule has 2 rings (SSSR count). The number of aryl methyl sites for hydroxylation is 1. The highest BCUT2D eigenvalue weighted by Gasteiger charge is 2.13. The Bertz CT molecular complexity index is 465. The Morgan fingerprint density at radius 1 is 1.47 bits per heavy atom. The van der Waals surface area contributed by atoms with Gasteiger partial charge in [-0.05, 0) is 19.4 Å². The Morgan fingerprint density at radius 2 is 2.37 bits per heavy atom. The van der Waals surface area contributed by atoms with Crippen molar-refractivity contribution >= 4 is 0 Å². The second-order valence-corrected chi connectivity index (χ2v) is 4.60. The van der Waals surface area contributed by atoms with Gasteiger partial charge in [0.25, 0.3) is 0 Å². The number of unbranched alkanes of at least 4 members (excludes halogenated alkanes) is 1. The van der Waals surface area contributed by atoms with Crippen LogP contribution in [0.5, 0.6) is 0 Å². The number of nitrogens with one attached hydrogen (secondary N) is 1. The van der Waals surface area contributed by atoms with E-state index >= 15 is 0 Å². The molecule has 0 spiro atoms. The van der Waals surface area contributed by atoms with Crippen LogP contribution in [0.2, 0.25) is 0 Å². The fourth-order valence-corrected chi connectivity index (χ4v) is 1.80. The molecule has 0 unspecified atom stereocenters. The Balaban J connectivity index is 1.75. The van der Waals surface area contributed by atoms with E-state index in [1.807, 2.05) is 23.9 Å². The van der Waals surface area contributed by atoms with Crippen molar-refractivity contribution in [2.45, 2.75) is 45.7 Å². The van der Waals surface area contributed by atoms with Crippen molar-refractivity contribution in [2.24, 2.45) is 0 Å². The Labute approximate surface area is 113 Å². The largest absolute Gasteiger partial charge is 0.338 e. The van der Waals surface area contributed by atoms with Crippen LogP contribution in [0.25, 0.3) is 0 Å². The van der Waals surface area contributed by atoms with Crippen LogP contribution >= 0.6 is 0 Å². The second-order valence-electron chi connectivity index (χ2n) is 4.60. The van der Waals surface area contributed by atoms with E-state index in [0.29, 0.717) is 5.89 Å². The highest BCUT2D eigenvalue weighted by atomic mass is 16.5. The average molecular weight is 263 g/mol. The summed E-state index contributed by atoms with van der Waals surface area (Å²) in [5, 5.41) is 11.5. The fourth-order valence-electron chi connectivity index (χ4n) is 1.80.